The smallest absolute Gasteiger partial charge is 0.545 e. The summed E-state index contributed by atoms with van der Waals surface area (Å²) in [5, 5.41) is 13.9. The number of sulfone groups is 1. The second-order valence-corrected chi connectivity index (χ2v) is 10.8. The summed E-state index contributed by atoms with van der Waals surface area (Å²) in [5.41, 5.74) is -0.785. The van der Waals surface area contributed by atoms with Crippen molar-refractivity contribution in [2.24, 2.45) is 0 Å². The molecular weight excluding hydrogens is 447 g/mol. The third-order valence-electron chi connectivity index (χ3n) is 5.10. The van der Waals surface area contributed by atoms with Crippen LogP contribution in [0.5, 0.6) is 0 Å². The molecule has 0 saturated heterocycles. The fourth-order valence-corrected chi connectivity index (χ4v) is 4.86. The number of carbonyl (C=O) groups excluding carboxylic acids is 2. The van der Waals surface area contributed by atoms with Crippen molar-refractivity contribution in [3.05, 3.63) is 39.7 Å². The van der Waals surface area contributed by atoms with Crippen LogP contribution in [-0.4, -0.2) is 42.9 Å². The molecule has 3 rings (SSSR count). The van der Waals surface area contributed by atoms with Gasteiger partial charge in [0.2, 0.25) is 0 Å². The van der Waals surface area contributed by atoms with Crippen molar-refractivity contribution in [3.63, 3.8) is 0 Å². The average molecular weight is 472 g/mol. The maximum Gasteiger partial charge on any atom is 1.00 e. The number of aryl methyl sites for hydroxylation is 1. The van der Waals surface area contributed by atoms with E-state index in [2.05, 4.69) is 5.32 Å². The molecule has 32 heavy (non-hydrogen) atoms. The van der Waals surface area contributed by atoms with E-state index >= 15 is 0 Å². The Hall–Kier alpha value is -1.88. The third kappa shape index (κ3) is 5.54. The van der Waals surface area contributed by atoms with Crippen LogP contribution >= 0.6 is 0 Å². The summed E-state index contributed by atoms with van der Waals surface area (Å²) in [6, 6.07) is 2.69. The van der Waals surface area contributed by atoms with Gasteiger partial charge >= 0.3 is 35.7 Å². The number of hydrogen-bond acceptors (Lipinski definition) is 7. The molecule has 1 aliphatic heterocycles. The topological polar surface area (TPSA) is 135 Å². The number of ether oxygens (including phenoxy) is 1. The number of nitrogens with zero attached hydrogens (tertiary/aromatic N) is 1. The van der Waals surface area contributed by atoms with Gasteiger partial charge < -0.3 is 24.5 Å². The van der Waals surface area contributed by atoms with Gasteiger partial charge in [-0.25, -0.2) is 13.2 Å². The number of carbonyl (C=O) groups is 2. The number of amides is 1. The van der Waals surface area contributed by atoms with Crippen LogP contribution < -0.4 is 45.4 Å². The van der Waals surface area contributed by atoms with Crippen molar-refractivity contribution in [2.45, 2.75) is 57.1 Å². The largest absolute Gasteiger partial charge is 1.00 e. The van der Waals surface area contributed by atoms with Crippen LogP contribution in [0.25, 0.3) is 10.9 Å². The summed E-state index contributed by atoms with van der Waals surface area (Å²) in [6.45, 7) is 6.80. The minimum atomic E-state index is -3.86. The van der Waals surface area contributed by atoms with Gasteiger partial charge in [-0.2, -0.15) is 0 Å². The van der Waals surface area contributed by atoms with E-state index in [9.17, 15) is 27.9 Å². The molecule has 0 bridgehead atoms. The van der Waals surface area contributed by atoms with E-state index in [1.54, 1.807) is 25.3 Å². The molecule has 0 radical (unpaired) electrons. The first-order valence-electron chi connectivity index (χ1n) is 9.93. The van der Waals surface area contributed by atoms with Gasteiger partial charge in [-0.1, -0.05) is 0 Å². The molecule has 0 fully saturated rings. The van der Waals surface area contributed by atoms with Gasteiger partial charge in [0.05, 0.1) is 27.7 Å². The first kappa shape index (κ1) is 26.4. The van der Waals surface area contributed by atoms with E-state index in [-0.39, 0.29) is 52.4 Å². The molecule has 1 aliphatic rings. The number of hydrogen-bond donors (Lipinski definition) is 1. The van der Waals surface area contributed by atoms with Crippen LogP contribution in [0.1, 0.15) is 56.1 Å². The second-order valence-electron chi connectivity index (χ2n) is 8.68. The SMILES string of the molecule is C[C@@H]1CCc2cc(S(=O)(=O)CCNC(=O)OC(C)(C)C)cc3c(=O)c(C(=O)[O-])cn1c23.[Na+]. The van der Waals surface area contributed by atoms with E-state index in [1.807, 2.05) is 6.92 Å². The zero-order chi connectivity index (χ0) is 23.1. The van der Waals surface area contributed by atoms with Gasteiger partial charge in [-0.15, -0.1) is 0 Å². The van der Waals surface area contributed by atoms with Crippen LogP contribution in [0, 0.1) is 0 Å². The van der Waals surface area contributed by atoms with Crippen molar-refractivity contribution in [1.82, 2.24) is 9.88 Å². The van der Waals surface area contributed by atoms with E-state index in [0.29, 0.717) is 23.9 Å². The van der Waals surface area contributed by atoms with E-state index in [1.165, 1.54) is 18.3 Å². The van der Waals surface area contributed by atoms with Gasteiger partial charge in [-0.05, 0) is 58.2 Å². The first-order valence-corrected chi connectivity index (χ1v) is 11.6. The Bertz CT molecular complexity index is 1230. The Morgan fingerprint density at radius 1 is 1.28 bits per heavy atom. The summed E-state index contributed by atoms with van der Waals surface area (Å²) in [6.07, 6.45) is 1.76. The third-order valence-corrected chi connectivity index (χ3v) is 6.80. The van der Waals surface area contributed by atoms with Crippen LogP contribution in [0.15, 0.2) is 28.0 Å². The molecule has 11 heteroatoms. The molecule has 9 nitrogen and oxygen atoms in total. The number of nitrogens with one attached hydrogen (secondary N) is 1. The molecular formula is C21H25N2NaO7S. The summed E-state index contributed by atoms with van der Waals surface area (Å²) in [5.74, 6) is -2.01. The minimum Gasteiger partial charge on any atom is -0.545 e. The summed E-state index contributed by atoms with van der Waals surface area (Å²) in [7, 11) is -3.86. The van der Waals surface area contributed by atoms with E-state index in [0.717, 1.165) is 0 Å². The molecule has 168 valence electrons. The Morgan fingerprint density at radius 2 is 1.94 bits per heavy atom. The summed E-state index contributed by atoms with van der Waals surface area (Å²) >= 11 is 0. The van der Waals surface area contributed by atoms with E-state index < -0.39 is 44.2 Å². The summed E-state index contributed by atoms with van der Waals surface area (Å²) in [4.78, 5) is 35.8. The van der Waals surface area contributed by atoms with Gasteiger partial charge in [0.25, 0.3) is 0 Å². The summed E-state index contributed by atoms with van der Waals surface area (Å²) < 4.78 is 32.5. The number of alkyl carbamates (subject to hydrolysis) is 1. The monoisotopic (exact) mass is 472 g/mol. The van der Waals surface area contributed by atoms with Gasteiger partial charge in [-0.3, -0.25) is 4.79 Å². The fraction of sp³-hybridized carbons (Fsp3) is 0.476. The Kier molecular flexibility index (Phi) is 7.87. The number of rotatable bonds is 5. The quantitative estimate of drug-likeness (QED) is 0.506. The molecule has 1 aromatic heterocycles. The standard InChI is InChI=1S/C21H26N2O7S.Na/c1-12-5-6-13-9-14(31(28,29)8-7-22-20(27)30-21(2,3)4)10-15-17(13)23(12)11-16(18(15)24)19(25)26;/h9-12H,5-8H2,1-4H3,(H,22,27)(H,25,26);/q;+1/p-1/t12-;/m1./s1. The molecule has 0 spiro atoms. The van der Waals surface area contributed by atoms with E-state index in [4.69, 9.17) is 4.74 Å². The first-order chi connectivity index (χ1) is 14.3. The van der Waals surface area contributed by atoms with Crippen molar-refractivity contribution >= 4 is 32.8 Å². The maximum absolute atomic E-state index is 12.9. The molecule has 0 unspecified atom stereocenters. The minimum absolute atomic E-state index is 0. The predicted molar refractivity (Wildman–Crippen MR) is 112 cm³/mol. The number of benzene rings is 1. The van der Waals surface area contributed by atoms with Crippen LogP contribution in [0.2, 0.25) is 0 Å². The number of carboxylic acids is 1. The molecule has 0 aliphatic carbocycles. The normalized spacial score (nSPS) is 15.7. The van der Waals surface area contributed by atoms with Crippen molar-refractivity contribution in [1.29, 1.82) is 0 Å². The average Bonchev–Trinajstić information content (AvgIpc) is 2.63. The number of aromatic carboxylic acids is 1. The Balaban J connectivity index is 0.00000363. The molecule has 0 saturated carbocycles. The zero-order valence-electron chi connectivity index (χ0n) is 18.9. The molecule has 1 aromatic carbocycles. The van der Waals surface area contributed by atoms with Crippen LogP contribution in [-0.2, 0) is 21.0 Å². The maximum atomic E-state index is 12.9. The molecule has 2 heterocycles. The Morgan fingerprint density at radius 3 is 2.53 bits per heavy atom. The number of aromatic nitrogens is 1. The zero-order valence-corrected chi connectivity index (χ0v) is 21.7. The second kappa shape index (κ2) is 9.54. The van der Waals surface area contributed by atoms with Gasteiger partial charge in [0, 0.05) is 24.2 Å². The van der Waals surface area contributed by atoms with Crippen molar-refractivity contribution < 1.29 is 57.4 Å². The Labute approximate surface area is 208 Å². The van der Waals surface area contributed by atoms with Crippen LogP contribution in [0.4, 0.5) is 4.79 Å². The fourth-order valence-electron chi connectivity index (χ4n) is 3.64. The molecule has 1 N–H and O–H groups in total. The molecule has 2 aromatic rings. The molecule has 1 atom stereocenters. The number of pyridine rings is 1. The van der Waals surface area contributed by atoms with Gasteiger partial charge in [0.15, 0.2) is 15.3 Å². The number of carboxylic acid groups (broad SMARTS) is 1. The van der Waals surface area contributed by atoms with Crippen molar-refractivity contribution in [3.8, 4) is 0 Å². The van der Waals surface area contributed by atoms with Crippen molar-refractivity contribution in [2.75, 3.05) is 12.3 Å². The van der Waals surface area contributed by atoms with Crippen LogP contribution in [0.3, 0.4) is 0 Å². The van der Waals surface area contributed by atoms with Gasteiger partial charge in [0.1, 0.15) is 5.60 Å². The predicted octanol–water partition coefficient (Wildman–Crippen LogP) is -1.83. The molecule has 1 amide bonds.